The molecule has 3 aromatic carbocycles. The van der Waals surface area contributed by atoms with E-state index in [0.717, 1.165) is 5.52 Å². The number of aromatic nitrogens is 1. The lowest BCUT2D eigenvalue weighted by Gasteiger charge is -2.20. The summed E-state index contributed by atoms with van der Waals surface area (Å²) in [5.74, 6) is 0.161. The van der Waals surface area contributed by atoms with Gasteiger partial charge in [0, 0.05) is 28.1 Å². The minimum atomic E-state index is -0.282. The smallest absolute Gasteiger partial charge is 0.256 e. The highest BCUT2D eigenvalue weighted by Crippen LogP contribution is 2.33. The first kappa shape index (κ1) is 19.0. The fraction of sp³-hybridized carbons (Fsp3) is 0.0833. The molecule has 4 nitrogen and oxygen atoms in total. The first-order valence-electron chi connectivity index (χ1n) is 9.38. The fourth-order valence-corrected chi connectivity index (χ4v) is 3.77. The van der Waals surface area contributed by atoms with Gasteiger partial charge in [-0.05, 0) is 37.3 Å². The summed E-state index contributed by atoms with van der Waals surface area (Å²) in [4.78, 5) is 26.4. The Labute approximate surface area is 173 Å². The molecule has 1 N–H and O–H groups in total. The van der Waals surface area contributed by atoms with E-state index in [2.05, 4.69) is 5.32 Å². The molecule has 1 heterocycles. The summed E-state index contributed by atoms with van der Waals surface area (Å²) in [6, 6.07) is 23.5. The van der Waals surface area contributed by atoms with E-state index in [9.17, 15) is 9.59 Å². The van der Waals surface area contributed by atoms with Crippen LogP contribution in [-0.4, -0.2) is 10.5 Å². The summed E-state index contributed by atoms with van der Waals surface area (Å²) >= 11 is 6.44. The number of benzene rings is 3. The van der Waals surface area contributed by atoms with Crippen LogP contribution in [0.2, 0.25) is 5.02 Å². The van der Waals surface area contributed by atoms with E-state index in [1.807, 2.05) is 47.9 Å². The van der Waals surface area contributed by atoms with Gasteiger partial charge in [0.15, 0.2) is 5.43 Å². The van der Waals surface area contributed by atoms with Crippen LogP contribution in [0.3, 0.4) is 0 Å². The standard InChI is InChI=1S/C24H19ClN2O2/c1-2-27-20-15-9-7-13-18(20)22(28)21(17-12-6-8-14-19(17)25)23(27)26-24(29)16-10-4-3-5-11-16/h3-15H,2H2,1H3,(H,26,29). The highest BCUT2D eigenvalue weighted by molar-refractivity contribution is 6.33. The number of halogens is 1. The van der Waals surface area contributed by atoms with Crippen LogP contribution >= 0.6 is 11.6 Å². The molecule has 29 heavy (non-hydrogen) atoms. The van der Waals surface area contributed by atoms with Crippen molar-refractivity contribution >= 4 is 34.2 Å². The Bertz CT molecular complexity index is 1260. The molecule has 4 aromatic rings. The number of rotatable bonds is 4. The zero-order chi connectivity index (χ0) is 20.4. The molecule has 4 rings (SSSR count). The maximum absolute atomic E-state index is 13.5. The summed E-state index contributed by atoms with van der Waals surface area (Å²) in [6.07, 6.45) is 0. The number of carbonyl (C=O) groups excluding carboxylic acids is 1. The van der Waals surface area contributed by atoms with Crippen LogP contribution in [0, 0.1) is 0 Å². The molecular formula is C24H19ClN2O2. The van der Waals surface area contributed by atoms with Gasteiger partial charge in [-0.15, -0.1) is 0 Å². The molecule has 0 aliphatic heterocycles. The van der Waals surface area contributed by atoms with Gasteiger partial charge >= 0.3 is 0 Å². The topological polar surface area (TPSA) is 51.1 Å². The molecule has 0 aliphatic rings. The van der Waals surface area contributed by atoms with Crippen LogP contribution in [0.4, 0.5) is 5.82 Å². The number of hydrogen-bond donors (Lipinski definition) is 1. The molecule has 0 saturated heterocycles. The highest BCUT2D eigenvalue weighted by Gasteiger charge is 2.21. The highest BCUT2D eigenvalue weighted by atomic mass is 35.5. The molecule has 0 spiro atoms. The number of amides is 1. The third-order valence-corrected chi connectivity index (χ3v) is 5.23. The molecule has 0 bridgehead atoms. The van der Waals surface area contributed by atoms with Crippen molar-refractivity contribution in [3.05, 3.63) is 99.7 Å². The number of fused-ring (bicyclic) bond motifs is 1. The van der Waals surface area contributed by atoms with E-state index >= 15 is 0 Å². The maximum atomic E-state index is 13.5. The van der Waals surface area contributed by atoms with Crippen molar-refractivity contribution in [2.45, 2.75) is 13.5 Å². The molecule has 0 atom stereocenters. The van der Waals surface area contributed by atoms with Crippen molar-refractivity contribution in [1.82, 2.24) is 4.57 Å². The number of anilines is 1. The van der Waals surface area contributed by atoms with Gasteiger partial charge in [0.05, 0.1) is 11.1 Å². The fourth-order valence-electron chi connectivity index (χ4n) is 3.54. The molecule has 0 radical (unpaired) electrons. The van der Waals surface area contributed by atoms with Crippen LogP contribution in [0.25, 0.3) is 22.0 Å². The number of nitrogens with zero attached hydrogens (tertiary/aromatic N) is 1. The third kappa shape index (κ3) is 3.43. The largest absolute Gasteiger partial charge is 0.327 e. The summed E-state index contributed by atoms with van der Waals surface area (Å²) in [6.45, 7) is 2.55. The maximum Gasteiger partial charge on any atom is 0.256 e. The van der Waals surface area contributed by atoms with Crippen molar-refractivity contribution in [3.8, 4) is 11.1 Å². The van der Waals surface area contributed by atoms with Crippen LogP contribution in [-0.2, 0) is 6.54 Å². The average Bonchev–Trinajstić information content (AvgIpc) is 2.76. The van der Waals surface area contributed by atoms with E-state index in [1.165, 1.54) is 0 Å². The van der Waals surface area contributed by atoms with Crippen LogP contribution < -0.4 is 10.7 Å². The van der Waals surface area contributed by atoms with Crippen LogP contribution in [0.15, 0.2) is 83.7 Å². The molecular weight excluding hydrogens is 384 g/mol. The van der Waals surface area contributed by atoms with Crippen LogP contribution in [0.1, 0.15) is 17.3 Å². The lowest BCUT2D eigenvalue weighted by atomic mass is 10.0. The van der Waals surface area contributed by atoms with E-state index in [4.69, 9.17) is 11.6 Å². The number of nitrogens with one attached hydrogen (secondary N) is 1. The minimum absolute atomic E-state index is 0.165. The Morgan fingerprint density at radius 3 is 2.31 bits per heavy atom. The predicted molar refractivity (Wildman–Crippen MR) is 119 cm³/mol. The van der Waals surface area contributed by atoms with E-state index in [0.29, 0.717) is 39.5 Å². The summed E-state index contributed by atoms with van der Waals surface area (Å²) < 4.78 is 1.94. The number of para-hydroxylation sites is 1. The number of aryl methyl sites for hydroxylation is 1. The second kappa shape index (κ2) is 7.94. The van der Waals surface area contributed by atoms with Crippen LogP contribution in [0.5, 0.6) is 0 Å². The molecule has 0 aliphatic carbocycles. The zero-order valence-corrected chi connectivity index (χ0v) is 16.6. The normalized spacial score (nSPS) is 10.8. The Morgan fingerprint density at radius 1 is 0.931 bits per heavy atom. The van der Waals surface area contributed by atoms with Gasteiger partial charge in [-0.2, -0.15) is 0 Å². The van der Waals surface area contributed by atoms with Gasteiger partial charge in [0.1, 0.15) is 5.82 Å². The lowest BCUT2D eigenvalue weighted by Crippen LogP contribution is -2.22. The second-order valence-electron chi connectivity index (χ2n) is 6.61. The first-order chi connectivity index (χ1) is 14.1. The Balaban J connectivity index is 2.03. The summed E-state index contributed by atoms with van der Waals surface area (Å²) in [5.41, 5.74) is 2.10. The average molecular weight is 403 g/mol. The Hall–Kier alpha value is -3.37. The molecule has 144 valence electrons. The minimum Gasteiger partial charge on any atom is -0.327 e. The SMILES string of the molecule is CCn1c(NC(=O)c2ccccc2)c(-c2ccccc2Cl)c(=O)c2ccccc21. The second-order valence-corrected chi connectivity index (χ2v) is 7.02. The van der Waals surface area contributed by atoms with Gasteiger partial charge in [0.25, 0.3) is 5.91 Å². The number of hydrogen-bond acceptors (Lipinski definition) is 2. The third-order valence-electron chi connectivity index (χ3n) is 4.90. The van der Waals surface area contributed by atoms with Crippen molar-refractivity contribution in [3.63, 3.8) is 0 Å². The first-order valence-corrected chi connectivity index (χ1v) is 9.76. The lowest BCUT2D eigenvalue weighted by molar-refractivity contribution is 0.102. The monoisotopic (exact) mass is 402 g/mol. The molecule has 0 fully saturated rings. The van der Waals surface area contributed by atoms with Crippen molar-refractivity contribution < 1.29 is 4.79 Å². The molecule has 0 saturated carbocycles. The van der Waals surface area contributed by atoms with Gasteiger partial charge < -0.3 is 9.88 Å². The van der Waals surface area contributed by atoms with Crippen molar-refractivity contribution in [2.24, 2.45) is 0 Å². The van der Waals surface area contributed by atoms with Gasteiger partial charge in [0.2, 0.25) is 0 Å². The quantitative estimate of drug-likeness (QED) is 0.483. The van der Waals surface area contributed by atoms with E-state index in [-0.39, 0.29) is 11.3 Å². The van der Waals surface area contributed by atoms with Gasteiger partial charge in [-0.3, -0.25) is 9.59 Å². The number of pyridine rings is 1. The number of carbonyl (C=O) groups is 1. The van der Waals surface area contributed by atoms with Crippen molar-refractivity contribution in [2.75, 3.05) is 5.32 Å². The Kier molecular flexibility index (Phi) is 5.19. The molecule has 1 aromatic heterocycles. The predicted octanol–water partition coefficient (Wildman–Crippen LogP) is 5.59. The molecule has 5 heteroatoms. The van der Waals surface area contributed by atoms with Gasteiger partial charge in [-0.25, -0.2) is 0 Å². The Morgan fingerprint density at radius 2 is 1.59 bits per heavy atom. The molecule has 0 unspecified atom stereocenters. The summed E-state index contributed by atoms with van der Waals surface area (Å²) in [5, 5.41) is 4.01. The van der Waals surface area contributed by atoms with Crippen molar-refractivity contribution in [1.29, 1.82) is 0 Å². The zero-order valence-electron chi connectivity index (χ0n) is 15.9. The summed E-state index contributed by atoms with van der Waals surface area (Å²) in [7, 11) is 0. The van der Waals surface area contributed by atoms with E-state index in [1.54, 1.807) is 42.5 Å². The van der Waals surface area contributed by atoms with E-state index < -0.39 is 0 Å². The van der Waals surface area contributed by atoms with Gasteiger partial charge in [-0.1, -0.05) is 60.1 Å². The molecule has 1 amide bonds.